The van der Waals surface area contributed by atoms with Crippen LogP contribution in [-0.2, 0) is 6.42 Å². The minimum Gasteiger partial charge on any atom is -0.493 e. The van der Waals surface area contributed by atoms with Crippen molar-refractivity contribution in [1.29, 1.82) is 0 Å². The number of unbranched alkanes of at least 4 members (excludes halogenated alkanes) is 4. The Morgan fingerprint density at radius 3 is 2.15 bits per heavy atom. The first-order valence-corrected chi connectivity index (χ1v) is 12.6. The number of methoxy groups -OCH3 is 4. The second-order valence-corrected chi connectivity index (χ2v) is 9.42. The number of benzene rings is 2. The van der Waals surface area contributed by atoms with Crippen LogP contribution in [0.1, 0.15) is 63.5 Å². The molecule has 0 radical (unpaired) electrons. The topological polar surface area (TPSA) is 39.9 Å². The molecule has 0 spiro atoms. The maximum Gasteiger partial charge on any atom is 0.210 e. The first kappa shape index (κ1) is 25.4. The number of ether oxygens (including phenoxy) is 4. The van der Waals surface area contributed by atoms with Crippen LogP contribution in [-0.4, -0.2) is 44.8 Å². The molecule has 1 heterocycles. The second-order valence-electron chi connectivity index (χ2n) is 8.56. The molecule has 1 aliphatic rings. The van der Waals surface area contributed by atoms with Crippen LogP contribution in [0.3, 0.4) is 0 Å². The molecule has 6 heteroatoms. The van der Waals surface area contributed by atoms with Crippen molar-refractivity contribution in [2.75, 3.05) is 28.4 Å². The molecule has 1 atom stereocenters. The van der Waals surface area contributed by atoms with Gasteiger partial charge < -0.3 is 18.9 Å². The highest BCUT2D eigenvalue weighted by Gasteiger charge is 2.34. The average Bonchev–Trinajstić information content (AvgIpc) is 2.82. The van der Waals surface area contributed by atoms with Crippen molar-refractivity contribution in [3.05, 3.63) is 39.9 Å². The smallest absolute Gasteiger partial charge is 0.210 e. The summed E-state index contributed by atoms with van der Waals surface area (Å²) in [7, 11) is 6.74. The normalized spacial score (nSPS) is 15.3. The Labute approximate surface area is 206 Å². The van der Waals surface area contributed by atoms with E-state index in [2.05, 4.69) is 58.6 Å². The van der Waals surface area contributed by atoms with Crippen LogP contribution in [0.15, 0.2) is 28.7 Å². The van der Waals surface area contributed by atoms with Crippen LogP contribution < -0.4 is 18.9 Å². The Morgan fingerprint density at radius 2 is 1.52 bits per heavy atom. The van der Waals surface area contributed by atoms with Crippen molar-refractivity contribution in [3.8, 4) is 23.0 Å². The Bertz CT molecular complexity index is 1000. The summed E-state index contributed by atoms with van der Waals surface area (Å²) in [6.07, 6.45) is 8.13. The number of nitrogens with zero attached hydrogens (tertiary/aromatic N) is 1. The molecule has 0 aromatic heterocycles. The van der Waals surface area contributed by atoms with Gasteiger partial charge in [-0.05, 0) is 47.0 Å². The summed E-state index contributed by atoms with van der Waals surface area (Å²) in [4.78, 5) is 0. The van der Waals surface area contributed by atoms with E-state index in [1.54, 1.807) is 28.4 Å². The highest BCUT2D eigenvalue weighted by Crippen LogP contribution is 2.41. The lowest BCUT2D eigenvalue weighted by Gasteiger charge is -2.25. The highest BCUT2D eigenvalue weighted by molar-refractivity contribution is 9.10. The van der Waals surface area contributed by atoms with Crippen molar-refractivity contribution in [2.45, 2.75) is 64.8 Å². The van der Waals surface area contributed by atoms with Gasteiger partial charge in [0, 0.05) is 24.5 Å². The summed E-state index contributed by atoms with van der Waals surface area (Å²) in [6.45, 7) is 4.53. The maximum absolute atomic E-state index is 5.66. The Balaban J connectivity index is 2.16. The molecule has 0 fully saturated rings. The molecule has 2 aromatic rings. The minimum absolute atomic E-state index is 0.284. The monoisotopic (exact) mass is 518 g/mol. The number of halogens is 1. The molecule has 0 N–H and O–H groups in total. The lowest BCUT2D eigenvalue weighted by Crippen LogP contribution is -2.34. The van der Waals surface area contributed by atoms with Gasteiger partial charge >= 0.3 is 0 Å². The van der Waals surface area contributed by atoms with E-state index >= 15 is 0 Å². The van der Waals surface area contributed by atoms with Crippen molar-refractivity contribution >= 4 is 27.3 Å². The molecule has 0 saturated carbocycles. The van der Waals surface area contributed by atoms with E-state index in [4.69, 9.17) is 18.9 Å². The molecule has 0 amide bonds. The molecule has 180 valence electrons. The Hall–Kier alpha value is -2.21. The van der Waals surface area contributed by atoms with Gasteiger partial charge in [0.25, 0.3) is 0 Å². The van der Waals surface area contributed by atoms with Gasteiger partial charge in [0.15, 0.2) is 34.8 Å². The largest absolute Gasteiger partial charge is 0.493 e. The first-order valence-electron chi connectivity index (χ1n) is 11.8. The van der Waals surface area contributed by atoms with Gasteiger partial charge in [-0.1, -0.05) is 32.6 Å². The molecule has 0 aliphatic carbocycles. The quantitative estimate of drug-likeness (QED) is 0.239. The zero-order chi connectivity index (χ0) is 24.0. The summed E-state index contributed by atoms with van der Waals surface area (Å²) in [5, 5.41) is 0. The first-order chi connectivity index (χ1) is 16.0. The number of hydrogen-bond donors (Lipinski definition) is 0. The molecule has 3 rings (SSSR count). The van der Waals surface area contributed by atoms with Crippen LogP contribution in [0.2, 0.25) is 0 Å². The molecule has 0 saturated heterocycles. The van der Waals surface area contributed by atoms with Gasteiger partial charge in [0.05, 0.1) is 39.0 Å². The standard InChI is InChI=1S/C27H37BrNO4/c1-7-8-9-10-11-12-23-21-17-25(31-4)24(30-3)14-19(21)13-18(2)29(23)20-15-22(28)27(33-6)26(16-20)32-5/h14-18H,7-13H2,1-6H3/q+1. The van der Waals surface area contributed by atoms with Crippen molar-refractivity contribution in [1.82, 2.24) is 0 Å². The third-order valence-electron chi connectivity index (χ3n) is 6.38. The fraction of sp³-hybridized carbons (Fsp3) is 0.519. The van der Waals surface area contributed by atoms with E-state index in [0.29, 0.717) is 5.75 Å². The molecule has 1 unspecified atom stereocenters. The van der Waals surface area contributed by atoms with Gasteiger partial charge in [-0.25, -0.2) is 0 Å². The highest BCUT2D eigenvalue weighted by atomic mass is 79.9. The van der Waals surface area contributed by atoms with E-state index in [1.807, 2.05) is 0 Å². The summed E-state index contributed by atoms with van der Waals surface area (Å²) in [5.41, 5.74) is 4.96. The van der Waals surface area contributed by atoms with Crippen LogP contribution in [0.4, 0.5) is 5.69 Å². The number of rotatable bonds is 11. The predicted octanol–water partition coefficient (Wildman–Crippen LogP) is 6.92. The molecule has 1 aliphatic heterocycles. The lowest BCUT2D eigenvalue weighted by atomic mass is 9.89. The summed E-state index contributed by atoms with van der Waals surface area (Å²) in [6, 6.07) is 8.77. The third-order valence-corrected chi connectivity index (χ3v) is 6.97. The Morgan fingerprint density at radius 1 is 0.848 bits per heavy atom. The van der Waals surface area contributed by atoms with Crippen molar-refractivity contribution in [3.63, 3.8) is 0 Å². The molecule has 2 aromatic carbocycles. The van der Waals surface area contributed by atoms with Gasteiger partial charge in [0.2, 0.25) is 5.69 Å². The zero-order valence-corrected chi connectivity index (χ0v) is 22.4. The fourth-order valence-electron chi connectivity index (χ4n) is 4.77. The van der Waals surface area contributed by atoms with E-state index in [0.717, 1.165) is 46.7 Å². The summed E-state index contributed by atoms with van der Waals surface area (Å²) >= 11 is 3.68. The van der Waals surface area contributed by atoms with Crippen LogP contribution in [0, 0.1) is 0 Å². The Kier molecular flexibility index (Phi) is 9.07. The van der Waals surface area contributed by atoms with Crippen LogP contribution in [0.25, 0.3) is 0 Å². The number of hydrogen-bond acceptors (Lipinski definition) is 4. The van der Waals surface area contributed by atoms with Gasteiger partial charge in [-0.3, -0.25) is 0 Å². The fourth-order valence-corrected chi connectivity index (χ4v) is 5.36. The van der Waals surface area contributed by atoms with Crippen LogP contribution >= 0.6 is 15.9 Å². The maximum atomic E-state index is 5.66. The van der Waals surface area contributed by atoms with Gasteiger partial charge in [-0.15, -0.1) is 0 Å². The second kappa shape index (κ2) is 11.8. The minimum atomic E-state index is 0.284. The van der Waals surface area contributed by atoms with Crippen LogP contribution in [0.5, 0.6) is 23.0 Å². The van der Waals surface area contributed by atoms with E-state index in [9.17, 15) is 0 Å². The van der Waals surface area contributed by atoms with Crippen molar-refractivity contribution < 1.29 is 23.5 Å². The third kappa shape index (κ3) is 5.48. The summed E-state index contributed by atoms with van der Waals surface area (Å²) in [5.74, 6) is 2.98. The predicted molar refractivity (Wildman–Crippen MR) is 137 cm³/mol. The van der Waals surface area contributed by atoms with E-state index < -0.39 is 0 Å². The average molecular weight is 520 g/mol. The lowest BCUT2D eigenvalue weighted by molar-refractivity contribution is -0.483. The zero-order valence-electron chi connectivity index (χ0n) is 20.8. The molecule has 0 bridgehead atoms. The van der Waals surface area contributed by atoms with Crippen molar-refractivity contribution in [2.24, 2.45) is 0 Å². The molecule has 33 heavy (non-hydrogen) atoms. The molecule has 5 nitrogen and oxygen atoms in total. The molecular formula is C27H37BrNO4+. The molecular weight excluding hydrogens is 482 g/mol. The van der Waals surface area contributed by atoms with E-state index in [1.165, 1.54) is 42.5 Å². The van der Waals surface area contributed by atoms with Gasteiger partial charge in [0.1, 0.15) is 0 Å². The number of fused-ring (bicyclic) bond motifs is 1. The van der Waals surface area contributed by atoms with E-state index in [-0.39, 0.29) is 6.04 Å². The van der Waals surface area contributed by atoms with Gasteiger partial charge in [-0.2, -0.15) is 4.58 Å². The SMILES string of the molecule is CCCCCCCC1=[N+](c2cc(Br)c(OC)c(OC)c2)C(C)Cc2cc(OC)c(OC)cc21. The summed E-state index contributed by atoms with van der Waals surface area (Å²) < 4.78 is 25.8.